The summed E-state index contributed by atoms with van der Waals surface area (Å²) >= 11 is 12.9. The van der Waals surface area contributed by atoms with E-state index in [1.165, 1.54) is 0 Å². The zero-order valence-electron chi connectivity index (χ0n) is 9.07. The predicted molar refractivity (Wildman–Crippen MR) is 81.0 cm³/mol. The lowest BCUT2D eigenvalue weighted by Gasteiger charge is -1.98. The molecule has 0 N–H and O–H groups in total. The Kier molecular flexibility index (Phi) is 3.18. The molecular formula is C13H7Br2ClN2. The van der Waals surface area contributed by atoms with Gasteiger partial charge in [-0.3, -0.25) is 4.40 Å². The first-order valence-electron chi connectivity index (χ1n) is 5.24. The molecule has 0 aliphatic rings. The second-order valence-corrected chi connectivity index (χ2v) is 5.94. The third-order valence-electron chi connectivity index (χ3n) is 2.64. The molecule has 0 aliphatic heterocycles. The van der Waals surface area contributed by atoms with E-state index in [1.807, 2.05) is 47.0 Å². The van der Waals surface area contributed by atoms with Gasteiger partial charge in [0.05, 0.1) is 0 Å². The van der Waals surface area contributed by atoms with Gasteiger partial charge in [0, 0.05) is 21.3 Å². The fraction of sp³-hybridized carbons (Fsp3) is 0. The molecule has 0 aliphatic carbocycles. The molecule has 0 spiro atoms. The highest BCUT2D eigenvalue weighted by atomic mass is 79.9. The van der Waals surface area contributed by atoms with E-state index in [4.69, 9.17) is 11.6 Å². The Morgan fingerprint density at radius 1 is 1.00 bits per heavy atom. The van der Waals surface area contributed by atoms with E-state index < -0.39 is 0 Å². The van der Waals surface area contributed by atoms with Gasteiger partial charge in [0.2, 0.25) is 0 Å². The van der Waals surface area contributed by atoms with E-state index in [2.05, 4.69) is 36.8 Å². The third kappa shape index (κ3) is 2.09. The number of halogens is 3. The number of benzene rings is 1. The van der Waals surface area contributed by atoms with Crippen molar-refractivity contribution >= 4 is 49.1 Å². The maximum Gasteiger partial charge on any atom is 0.138 e. The molecular weight excluding hydrogens is 379 g/mol. The van der Waals surface area contributed by atoms with Crippen LogP contribution in [0.5, 0.6) is 0 Å². The van der Waals surface area contributed by atoms with Crippen LogP contribution in [0.1, 0.15) is 0 Å². The molecule has 0 fully saturated rings. The van der Waals surface area contributed by atoms with E-state index in [-0.39, 0.29) is 0 Å². The molecule has 0 unspecified atom stereocenters. The van der Waals surface area contributed by atoms with Crippen LogP contribution in [0.15, 0.2) is 51.7 Å². The van der Waals surface area contributed by atoms with Gasteiger partial charge in [-0.25, -0.2) is 4.98 Å². The Labute approximate surface area is 126 Å². The SMILES string of the molecule is Clc1ccc(-c2nc3ccc(Br)cn3c2Br)cc1. The van der Waals surface area contributed by atoms with Crippen LogP contribution >= 0.6 is 43.5 Å². The molecule has 3 aromatic rings. The number of pyridine rings is 1. The highest BCUT2D eigenvalue weighted by molar-refractivity contribution is 9.10. The molecule has 2 heterocycles. The first-order valence-corrected chi connectivity index (χ1v) is 7.20. The molecule has 0 amide bonds. The van der Waals surface area contributed by atoms with E-state index in [1.54, 1.807) is 0 Å². The average molecular weight is 386 g/mol. The molecule has 0 saturated heterocycles. The Balaban J connectivity index is 2.23. The summed E-state index contributed by atoms with van der Waals surface area (Å²) in [5, 5.41) is 0.724. The summed E-state index contributed by atoms with van der Waals surface area (Å²) in [6, 6.07) is 11.6. The molecule has 90 valence electrons. The minimum atomic E-state index is 0.724. The van der Waals surface area contributed by atoms with Gasteiger partial charge in [0.25, 0.3) is 0 Å². The van der Waals surface area contributed by atoms with Crippen LogP contribution in [-0.4, -0.2) is 9.38 Å². The second-order valence-electron chi connectivity index (χ2n) is 3.83. The van der Waals surface area contributed by atoms with E-state index >= 15 is 0 Å². The van der Waals surface area contributed by atoms with Crippen molar-refractivity contribution in [1.29, 1.82) is 0 Å². The lowest BCUT2D eigenvalue weighted by atomic mass is 10.2. The summed E-state index contributed by atoms with van der Waals surface area (Å²) < 4.78 is 3.94. The second kappa shape index (κ2) is 4.68. The molecule has 5 heteroatoms. The van der Waals surface area contributed by atoms with Gasteiger partial charge < -0.3 is 0 Å². The Morgan fingerprint density at radius 2 is 1.72 bits per heavy atom. The van der Waals surface area contributed by atoms with Crippen molar-refractivity contribution in [3.63, 3.8) is 0 Å². The van der Waals surface area contributed by atoms with Gasteiger partial charge in [-0.05, 0) is 56.1 Å². The van der Waals surface area contributed by atoms with Crippen LogP contribution in [0, 0.1) is 0 Å². The minimum Gasteiger partial charge on any atom is -0.293 e. The standard InChI is InChI=1S/C13H7Br2ClN2/c14-9-3-6-11-17-12(13(15)18(11)7-9)8-1-4-10(16)5-2-8/h1-7H. The van der Waals surface area contributed by atoms with Gasteiger partial charge in [-0.1, -0.05) is 23.7 Å². The topological polar surface area (TPSA) is 17.3 Å². The first-order chi connectivity index (χ1) is 8.65. The lowest BCUT2D eigenvalue weighted by molar-refractivity contribution is 1.14. The Morgan fingerprint density at radius 3 is 2.44 bits per heavy atom. The van der Waals surface area contributed by atoms with E-state index in [0.717, 1.165) is 31.0 Å². The molecule has 3 rings (SSSR count). The third-order valence-corrected chi connectivity index (χ3v) is 4.12. The fourth-order valence-corrected chi connectivity index (χ4v) is 2.85. The minimum absolute atomic E-state index is 0.724. The van der Waals surface area contributed by atoms with Gasteiger partial charge in [-0.2, -0.15) is 0 Å². The number of hydrogen-bond acceptors (Lipinski definition) is 1. The van der Waals surface area contributed by atoms with Crippen molar-refractivity contribution in [2.75, 3.05) is 0 Å². The first kappa shape index (κ1) is 12.2. The van der Waals surface area contributed by atoms with E-state index in [0.29, 0.717) is 0 Å². The summed E-state index contributed by atoms with van der Waals surface area (Å²) in [6.07, 6.45) is 1.98. The molecule has 1 aromatic carbocycles. The number of hydrogen-bond donors (Lipinski definition) is 0. The van der Waals surface area contributed by atoms with Gasteiger partial charge in [0.15, 0.2) is 0 Å². The Hall–Kier alpha value is -0.840. The zero-order valence-corrected chi connectivity index (χ0v) is 13.0. The molecule has 0 radical (unpaired) electrons. The van der Waals surface area contributed by atoms with Gasteiger partial charge in [0.1, 0.15) is 15.9 Å². The van der Waals surface area contributed by atoms with E-state index in [9.17, 15) is 0 Å². The molecule has 0 saturated carbocycles. The highest BCUT2D eigenvalue weighted by Crippen LogP contribution is 2.30. The number of rotatable bonds is 1. The number of imidazole rings is 1. The number of nitrogens with zero attached hydrogens (tertiary/aromatic N) is 2. The number of aromatic nitrogens is 2. The quantitative estimate of drug-likeness (QED) is 0.563. The van der Waals surface area contributed by atoms with Crippen LogP contribution in [-0.2, 0) is 0 Å². The van der Waals surface area contributed by atoms with Crippen LogP contribution < -0.4 is 0 Å². The number of fused-ring (bicyclic) bond motifs is 1. The average Bonchev–Trinajstić information content (AvgIpc) is 2.68. The van der Waals surface area contributed by atoms with Gasteiger partial charge >= 0.3 is 0 Å². The molecule has 2 aromatic heterocycles. The smallest absolute Gasteiger partial charge is 0.138 e. The van der Waals surface area contributed by atoms with Crippen molar-refractivity contribution in [3.05, 3.63) is 56.7 Å². The Bertz CT molecular complexity index is 720. The van der Waals surface area contributed by atoms with Crippen molar-refractivity contribution in [2.24, 2.45) is 0 Å². The normalized spacial score (nSPS) is 11.1. The van der Waals surface area contributed by atoms with Gasteiger partial charge in [-0.15, -0.1) is 0 Å². The summed E-state index contributed by atoms with van der Waals surface area (Å²) in [7, 11) is 0. The summed E-state index contributed by atoms with van der Waals surface area (Å²) in [6.45, 7) is 0. The van der Waals surface area contributed by atoms with Crippen LogP contribution in [0.25, 0.3) is 16.9 Å². The zero-order chi connectivity index (χ0) is 12.7. The molecule has 0 atom stereocenters. The monoisotopic (exact) mass is 384 g/mol. The molecule has 18 heavy (non-hydrogen) atoms. The maximum atomic E-state index is 5.89. The molecule has 2 nitrogen and oxygen atoms in total. The van der Waals surface area contributed by atoms with Crippen molar-refractivity contribution in [1.82, 2.24) is 9.38 Å². The fourth-order valence-electron chi connectivity index (χ4n) is 1.78. The summed E-state index contributed by atoms with van der Waals surface area (Å²) in [5.41, 5.74) is 2.84. The lowest BCUT2D eigenvalue weighted by Crippen LogP contribution is -1.83. The maximum absolute atomic E-state index is 5.89. The summed E-state index contributed by atoms with van der Waals surface area (Å²) in [4.78, 5) is 4.61. The van der Waals surface area contributed by atoms with Crippen molar-refractivity contribution in [2.45, 2.75) is 0 Å². The summed E-state index contributed by atoms with van der Waals surface area (Å²) in [5.74, 6) is 0. The van der Waals surface area contributed by atoms with Crippen LogP contribution in [0.2, 0.25) is 5.02 Å². The van der Waals surface area contributed by atoms with Crippen LogP contribution in [0.4, 0.5) is 0 Å². The largest absolute Gasteiger partial charge is 0.293 e. The predicted octanol–water partition coefficient (Wildman–Crippen LogP) is 5.18. The van der Waals surface area contributed by atoms with Crippen molar-refractivity contribution in [3.8, 4) is 11.3 Å². The molecule has 0 bridgehead atoms. The highest BCUT2D eigenvalue weighted by Gasteiger charge is 2.11. The van der Waals surface area contributed by atoms with Crippen LogP contribution in [0.3, 0.4) is 0 Å². The van der Waals surface area contributed by atoms with Crippen molar-refractivity contribution < 1.29 is 0 Å².